The number of nitrogens with one attached hydrogen (secondary N) is 1. The van der Waals surface area contributed by atoms with E-state index < -0.39 is 0 Å². The number of amides is 2. The molecule has 0 radical (unpaired) electrons. The Morgan fingerprint density at radius 3 is 2.64 bits per heavy atom. The highest BCUT2D eigenvalue weighted by Gasteiger charge is 2.52. The van der Waals surface area contributed by atoms with E-state index in [1.165, 1.54) is 0 Å². The molecule has 2 aliphatic heterocycles. The molecule has 2 aliphatic carbocycles. The lowest BCUT2D eigenvalue weighted by atomic mass is 9.73. The van der Waals surface area contributed by atoms with Gasteiger partial charge in [-0.15, -0.1) is 0 Å². The number of carbonyl (C=O) groups is 2. The second kappa shape index (κ2) is 5.54. The lowest BCUT2D eigenvalue weighted by Gasteiger charge is -2.41. The summed E-state index contributed by atoms with van der Waals surface area (Å²) < 4.78 is 1.92. The minimum Gasteiger partial charge on any atom is -0.345 e. The van der Waals surface area contributed by atoms with Crippen molar-refractivity contribution in [2.45, 2.75) is 57.5 Å². The van der Waals surface area contributed by atoms with Gasteiger partial charge >= 0.3 is 0 Å². The predicted molar refractivity (Wildman–Crippen MR) is 89.2 cm³/mol. The third-order valence-corrected chi connectivity index (χ3v) is 6.72. The second-order valence-electron chi connectivity index (χ2n) is 8.31. The fourth-order valence-electron chi connectivity index (χ4n) is 4.68. The van der Waals surface area contributed by atoms with Crippen LogP contribution >= 0.6 is 0 Å². The third kappa shape index (κ3) is 2.47. The summed E-state index contributed by atoms with van der Waals surface area (Å²) in [6.45, 7) is 2.36. The first kappa shape index (κ1) is 15.3. The van der Waals surface area contributed by atoms with Crippen molar-refractivity contribution in [3.63, 3.8) is 0 Å². The van der Waals surface area contributed by atoms with E-state index in [4.69, 9.17) is 0 Å². The van der Waals surface area contributed by atoms with Crippen LogP contribution in [-0.4, -0.2) is 44.6 Å². The first-order valence-electron chi connectivity index (χ1n) is 9.63. The summed E-state index contributed by atoms with van der Waals surface area (Å²) in [5, 5.41) is 7.61. The number of rotatable bonds is 3. The van der Waals surface area contributed by atoms with Gasteiger partial charge in [0.1, 0.15) is 12.2 Å². The van der Waals surface area contributed by atoms with Crippen LogP contribution in [-0.2, 0) is 16.1 Å². The van der Waals surface area contributed by atoms with E-state index in [-0.39, 0.29) is 29.2 Å². The largest absolute Gasteiger partial charge is 0.345 e. The molecule has 2 atom stereocenters. The van der Waals surface area contributed by atoms with E-state index in [2.05, 4.69) is 15.4 Å². The normalized spacial score (nSPS) is 31.7. The van der Waals surface area contributed by atoms with Crippen molar-refractivity contribution in [2.24, 2.45) is 17.3 Å². The Kier molecular flexibility index (Phi) is 3.40. The zero-order valence-corrected chi connectivity index (χ0v) is 14.5. The molecule has 0 unspecified atom stereocenters. The summed E-state index contributed by atoms with van der Waals surface area (Å²) >= 11 is 0. The minimum atomic E-state index is -0.131. The van der Waals surface area contributed by atoms with E-state index in [0.717, 1.165) is 70.4 Å². The van der Waals surface area contributed by atoms with Crippen molar-refractivity contribution in [3.8, 4) is 0 Å². The van der Waals surface area contributed by atoms with Gasteiger partial charge in [0.15, 0.2) is 0 Å². The molecule has 0 bridgehead atoms. The summed E-state index contributed by atoms with van der Waals surface area (Å²) in [7, 11) is 0. The molecule has 3 fully saturated rings. The highest BCUT2D eigenvalue weighted by atomic mass is 16.2. The monoisotopic (exact) mass is 343 g/mol. The molecule has 5 rings (SSSR count). The number of aromatic nitrogens is 3. The summed E-state index contributed by atoms with van der Waals surface area (Å²) in [5.74, 6) is 1.73. The van der Waals surface area contributed by atoms with Gasteiger partial charge in [-0.2, -0.15) is 5.10 Å². The highest BCUT2D eigenvalue weighted by Crippen LogP contribution is 2.48. The van der Waals surface area contributed by atoms with Crippen molar-refractivity contribution >= 4 is 11.8 Å². The molecule has 1 N–H and O–H groups in total. The lowest BCUT2D eigenvalue weighted by Crippen LogP contribution is -2.50. The molecular formula is C18H25N5O2. The van der Waals surface area contributed by atoms with Crippen molar-refractivity contribution < 1.29 is 9.59 Å². The van der Waals surface area contributed by atoms with E-state index in [1.54, 1.807) is 6.33 Å². The summed E-state index contributed by atoms with van der Waals surface area (Å²) in [6, 6.07) is -0.131. The van der Waals surface area contributed by atoms with Crippen LogP contribution in [0.1, 0.15) is 56.8 Å². The van der Waals surface area contributed by atoms with Gasteiger partial charge in [-0.3, -0.25) is 9.59 Å². The van der Waals surface area contributed by atoms with Gasteiger partial charge in [0.05, 0.1) is 6.04 Å². The number of fused-ring (bicyclic) bond motifs is 1. The van der Waals surface area contributed by atoms with Crippen molar-refractivity contribution in [2.75, 3.05) is 13.1 Å². The topological polar surface area (TPSA) is 80.1 Å². The number of nitrogens with zero attached hydrogens (tertiary/aromatic N) is 4. The van der Waals surface area contributed by atoms with Crippen LogP contribution < -0.4 is 5.32 Å². The standard InChI is InChI=1S/C18H25N5O2/c24-16(12-2-1-3-12)21-14-15-19-11-20-23(15)9-7-18(14)6-8-22(10-18)17(25)13-4-5-13/h11-14H,1-10H2,(H,21,24)/t14-,18+/m0/s1. The number of hydrogen-bond acceptors (Lipinski definition) is 4. The maximum atomic E-state index is 12.6. The van der Waals surface area contributed by atoms with Crippen molar-refractivity contribution in [3.05, 3.63) is 12.2 Å². The Balaban J connectivity index is 1.41. The quantitative estimate of drug-likeness (QED) is 0.896. The molecule has 1 aromatic heterocycles. The van der Waals surface area contributed by atoms with Gasteiger partial charge in [-0.1, -0.05) is 6.42 Å². The molecular weight excluding hydrogens is 318 g/mol. The van der Waals surface area contributed by atoms with Gasteiger partial charge in [0.25, 0.3) is 0 Å². The summed E-state index contributed by atoms with van der Waals surface area (Å²) in [4.78, 5) is 31.7. The second-order valence-corrected chi connectivity index (χ2v) is 8.31. The molecule has 1 aromatic rings. The fourth-order valence-corrected chi connectivity index (χ4v) is 4.68. The van der Waals surface area contributed by atoms with Crippen LogP contribution in [0.15, 0.2) is 6.33 Å². The Morgan fingerprint density at radius 2 is 1.92 bits per heavy atom. The molecule has 2 saturated carbocycles. The number of likely N-dealkylation sites (tertiary alicyclic amines) is 1. The van der Waals surface area contributed by atoms with Gasteiger partial charge in [0.2, 0.25) is 11.8 Å². The van der Waals surface area contributed by atoms with Crippen LogP contribution in [0.2, 0.25) is 0 Å². The molecule has 3 heterocycles. The Morgan fingerprint density at radius 1 is 1.12 bits per heavy atom. The predicted octanol–water partition coefficient (Wildman–Crippen LogP) is 1.27. The van der Waals surface area contributed by atoms with Crippen molar-refractivity contribution in [1.82, 2.24) is 25.0 Å². The fraction of sp³-hybridized carbons (Fsp3) is 0.778. The number of hydrogen-bond donors (Lipinski definition) is 1. The van der Waals surface area contributed by atoms with Gasteiger partial charge in [-0.25, -0.2) is 9.67 Å². The number of aryl methyl sites for hydroxylation is 1. The zero-order valence-electron chi connectivity index (χ0n) is 14.5. The maximum absolute atomic E-state index is 12.6. The molecule has 7 nitrogen and oxygen atoms in total. The molecule has 1 saturated heterocycles. The summed E-state index contributed by atoms with van der Waals surface area (Å²) in [6.07, 6.45) is 8.67. The lowest BCUT2D eigenvalue weighted by molar-refractivity contribution is -0.132. The zero-order chi connectivity index (χ0) is 17.0. The van der Waals surface area contributed by atoms with E-state index in [0.29, 0.717) is 5.91 Å². The average Bonchev–Trinajstić information content (AvgIpc) is 3.14. The molecule has 7 heteroatoms. The van der Waals surface area contributed by atoms with E-state index in [1.807, 2.05) is 9.58 Å². The highest BCUT2D eigenvalue weighted by molar-refractivity contribution is 5.82. The molecule has 1 spiro atoms. The Hall–Kier alpha value is -1.92. The van der Waals surface area contributed by atoms with Crippen LogP contribution in [0.4, 0.5) is 0 Å². The maximum Gasteiger partial charge on any atom is 0.225 e. The van der Waals surface area contributed by atoms with E-state index in [9.17, 15) is 9.59 Å². The van der Waals surface area contributed by atoms with Gasteiger partial charge < -0.3 is 10.2 Å². The Labute approximate surface area is 147 Å². The minimum absolute atomic E-state index is 0.0903. The van der Waals surface area contributed by atoms with Gasteiger partial charge in [-0.05, 0) is 38.5 Å². The summed E-state index contributed by atoms with van der Waals surface area (Å²) in [5.41, 5.74) is -0.0903. The third-order valence-electron chi connectivity index (χ3n) is 6.72. The van der Waals surface area contributed by atoms with Gasteiger partial charge in [0, 0.05) is 36.9 Å². The molecule has 4 aliphatic rings. The van der Waals surface area contributed by atoms with Crippen LogP contribution in [0.3, 0.4) is 0 Å². The van der Waals surface area contributed by atoms with Crippen LogP contribution in [0.5, 0.6) is 0 Å². The molecule has 25 heavy (non-hydrogen) atoms. The molecule has 0 aromatic carbocycles. The van der Waals surface area contributed by atoms with Crippen LogP contribution in [0, 0.1) is 17.3 Å². The SMILES string of the molecule is O=C(N[C@H]1c2ncnn2CC[C@@]12CCN(C(=O)C1CC1)C2)C1CCC1. The molecule has 134 valence electrons. The van der Waals surface area contributed by atoms with Crippen LogP contribution in [0.25, 0.3) is 0 Å². The average molecular weight is 343 g/mol. The number of carbonyl (C=O) groups excluding carboxylic acids is 2. The Bertz CT molecular complexity index is 708. The van der Waals surface area contributed by atoms with Crippen molar-refractivity contribution in [1.29, 1.82) is 0 Å². The smallest absolute Gasteiger partial charge is 0.225 e. The van der Waals surface area contributed by atoms with E-state index >= 15 is 0 Å². The first-order chi connectivity index (χ1) is 12.2. The molecule has 2 amide bonds. The first-order valence-corrected chi connectivity index (χ1v) is 9.63.